The second kappa shape index (κ2) is 15.1. The van der Waals surface area contributed by atoms with Crippen LogP contribution < -0.4 is 19.1 Å². The normalized spacial score (nSPS) is 17.2. The summed E-state index contributed by atoms with van der Waals surface area (Å²) in [5, 5.41) is 2.88. The molecule has 8 rings (SSSR count). The van der Waals surface area contributed by atoms with E-state index < -0.39 is 13.8 Å². The van der Waals surface area contributed by atoms with Crippen molar-refractivity contribution in [2.24, 2.45) is 0 Å². The minimum atomic E-state index is -4.61. The smallest absolute Gasteiger partial charge is 0.426 e. The van der Waals surface area contributed by atoms with Crippen LogP contribution in [0.5, 0.6) is 11.5 Å². The van der Waals surface area contributed by atoms with Crippen molar-refractivity contribution < 1.29 is 37.6 Å². The zero-order valence-electron chi connectivity index (χ0n) is 29.3. The number of thiophene rings is 1. The first-order chi connectivity index (χ1) is 26.6. The SMILES string of the molecule is CC(=O)Oc1cc2c(c3ccccc13)C(CCl)CN2C(=O)c1ccc(C(=O)N2C[C@@H](CCl)c3c2cc(OP(=O)(O)OCc2ccccc2)c2ccccc32)s1. The summed E-state index contributed by atoms with van der Waals surface area (Å²) in [6.07, 6.45) is 0. The summed E-state index contributed by atoms with van der Waals surface area (Å²) in [5.74, 6) is -0.684. The van der Waals surface area contributed by atoms with Crippen LogP contribution in [0, 0.1) is 0 Å². The van der Waals surface area contributed by atoms with Crippen molar-refractivity contribution in [2.45, 2.75) is 25.4 Å². The van der Waals surface area contributed by atoms with E-state index in [1.54, 1.807) is 70.5 Å². The summed E-state index contributed by atoms with van der Waals surface area (Å²) in [4.78, 5) is 55.2. The molecule has 3 heterocycles. The highest BCUT2D eigenvalue weighted by Crippen LogP contribution is 2.52. The number of hydrogen-bond donors (Lipinski definition) is 1. The second-order valence-corrected chi connectivity index (χ2v) is 16.4. The maximum atomic E-state index is 14.3. The number of amides is 2. The molecule has 0 saturated carbocycles. The van der Waals surface area contributed by atoms with Crippen molar-refractivity contribution in [1.82, 2.24) is 0 Å². The van der Waals surface area contributed by atoms with E-state index in [-0.39, 0.29) is 54.3 Å². The number of nitrogens with zero attached hydrogens (tertiary/aromatic N) is 2. The summed E-state index contributed by atoms with van der Waals surface area (Å²) < 4.78 is 29.8. The van der Waals surface area contributed by atoms with Gasteiger partial charge in [0.25, 0.3) is 11.8 Å². The molecule has 2 aliphatic heterocycles. The Balaban J connectivity index is 1.11. The van der Waals surface area contributed by atoms with E-state index in [0.717, 1.165) is 38.6 Å². The van der Waals surface area contributed by atoms with Crippen LogP contribution in [0.25, 0.3) is 21.5 Å². The molecule has 5 aromatic carbocycles. The quantitative estimate of drug-likeness (QED) is 0.0628. The van der Waals surface area contributed by atoms with E-state index in [2.05, 4.69) is 0 Å². The Labute approximate surface area is 330 Å². The van der Waals surface area contributed by atoms with Crippen molar-refractivity contribution in [2.75, 3.05) is 34.6 Å². The third kappa shape index (κ3) is 7.01. The van der Waals surface area contributed by atoms with Gasteiger partial charge >= 0.3 is 13.8 Å². The number of phosphoric ester groups is 1. The molecule has 1 N–H and O–H groups in total. The fourth-order valence-corrected chi connectivity index (χ4v) is 9.66. The van der Waals surface area contributed by atoms with Gasteiger partial charge in [0.1, 0.15) is 11.5 Å². The molecule has 0 bridgehead atoms. The third-order valence-electron chi connectivity index (χ3n) is 9.85. The Hall–Kier alpha value is -4.74. The second-order valence-electron chi connectivity index (χ2n) is 13.3. The van der Waals surface area contributed by atoms with E-state index in [1.807, 2.05) is 42.5 Å². The monoisotopic (exact) mass is 814 g/mol. The van der Waals surface area contributed by atoms with Crippen LogP contribution in [-0.2, 0) is 20.5 Å². The number of hydrogen-bond acceptors (Lipinski definition) is 8. The van der Waals surface area contributed by atoms with Crippen molar-refractivity contribution in [3.63, 3.8) is 0 Å². The highest BCUT2D eigenvalue weighted by atomic mass is 35.5. The predicted octanol–water partition coefficient (Wildman–Crippen LogP) is 9.64. The fraction of sp³-hybridized carbons (Fsp3) is 0.195. The molecule has 14 heteroatoms. The van der Waals surface area contributed by atoms with Gasteiger partial charge in [-0.2, -0.15) is 0 Å². The van der Waals surface area contributed by atoms with Crippen LogP contribution in [0.15, 0.2) is 103 Å². The van der Waals surface area contributed by atoms with Crippen molar-refractivity contribution >= 4 is 93.1 Å². The summed E-state index contributed by atoms with van der Waals surface area (Å²) in [6.45, 7) is 1.74. The summed E-state index contributed by atoms with van der Waals surface area (Å²) in [6, 6.07) is 30.3. The van der Waals surface area contributed by atoms with Gasteiger partial charge in [-0.3, -0.25) is 23.8 Å². The van der Waals surface area contributed by atoms with E-state index >= 15 is 0 Å². The molecule has 2 aliphatic rings. The van der Waals surface area contributed by atoms with Gasteiger partial charge in [-0.05, 0) is 39.6 Å². The lowest BCUT2D eigenvalue weighted by Gasteiger charge is -2.20. The molecule has 0 aliphatic carbocycles. The summed E-state index contributed by atoms with van der Waals surface area (Å²) in [5.41, 5.74) is 3.48. The molecular weight excluding hydrogens is 782 g/mol. The van der Waals surface area contributed by atoms with E-state index in [0.29, 0.717) is 44.4 Å². The fourth-order valence-electron chi connectivity index (χ4n) is 7.49. The number of carbonyl (C=O) groups excluding carboxylic acids is 3. The molecule has 3 atom stereocenters. The highest BCUT2D eigenvalue weighted by molar-refractivity contribution is 7.47. The van der Waals surface area contributed by atoms with Crippen molar-refractivity contribution in [3.8, 4) is 11.5 Å². The van der Waals surface area contributed by atoms with Gasteiger partial charge in [-0.15, -0.1) is 34.5 Å². The standard InChI is InChI=1S/C41H33Cl2N2O8PS/c1-24(46)52-34-17-32-38(30-13-7-5-11-28(30)34)26(19-42)21-44(32)40(47)36-15-16-37(55-36)41(48)45-22-27(20-43)39-31-14-8-6-12-29(31)35(18-33(39)45)53-54(49,50)51-23-25-9-3-2-4-10-25/h2-18,26-27H,19-23H2,1H3,(H,49,50)/t26?,27-/m1/s1. The first-order valence-electron chi connectivity index (χ1n) is 17.4. The molecule has 0 fully saturated rings. The number of carbonyl (C=O) groups is 3. The van der Waals surface area contributed by atoms with Crippen LogP contribution in [0.2, 0.25) is 0 Å². The molecule has 1 aromatic heterocycles. The van der Waals surface area contributed by atoms with Gasteiger partial charge in [0.15, 0.2) is 0 Å². The lowest BCUT2D eigenvalue weighted by Crippen LogP contribution is -2.30. The highest BCUT2D eigenvalue weighted by Gasteiger charge is 2.39. The van der Waals surface area contributed by atoms with Gasteiger partial charge in [0, 0.05) is 66.5 Å². The number of phosphoric acid groups is 1. The Kier molecular flexibility index (Phi) is 10.2. The first-order valence-corrected chi connectivity index (χ1v) is 20.8. The molecule has 6 aromatic rings. The van der Waals surface area contributed by atoms with E-state index in [9.17, 15) is 23.8 Å². The molecule has 2 amide bonds. The molecule has 0 radical (unpaired) electrons. The topological polar surface area (TPSA) is 123 Å². The number of alkyl halides is 2. The van der Waals surface area contributed by atoms with Gasteiger partial charge in [-0.1, -0.05) is 78.9 Å². The molecule has 0 spiro atoms. The lowest BCUT2D eigenvalue weighted by molar-refractivity contribution is -0.131. The maximum Gasteiger partial charge on any atom is 0.527 e. The Morgan fingerprint density at radius 3 is 1.71 bits per heavy atom. The maximum absolute atomic E-state index is 14.3. The Morgan fingerprint density at radius 2 is 1.20 bits per heavy atom. The van der Waals surface area contributed by atoms with Crippen molar-refractivity contribution in [1.29, 1.82) is 0 Å². The van der Waals surface area contributed by atoms with Crippen LogP contribution in [0.4, 0.5) is 11.4 Å². The summed E-state index contributed by atoms with van der Waals surface area (Å²) >= 11 is 14.0. The molecule has 0 saturated heterocycles. The minimum Gasteiger partial charge on any atom is -0.426 e. The Morgan fingerprint density at radius 1 is 0.727 bits per heavy atom. The van der Waals surface area contributed by atoms with Gasteiger partial charge in [-0.25, -0.2) is 4.57 Å². The number of anilines is 2. The van der Waals surface area contributed by atoms with Gasteiger partial charge in [0.05, 0.1) is 27.7 Å². The molecule has 55 heavy (non-hydrogen) atoms. The average molecular weight is 816 g/mol. The van der Waals surface area contributed by atoms with E-state index in [4.69, 9.17) is 37.0 Å². The number of fused-ring (bicyclic) bond motifs is 6. The minimum absolute atomic E-state index is 0.0745. The molecule has 280 valence electrons. The molecular formula is C41H33Cl2N2O8PS. The summed E-state index contributed by atoms with van der Waals surface area (Å²) in [7, 11) is -4.61. The number of ether oxygens (including phenoxy) is 1. The van der Waals surface area contributed by atoms with Crippen LogP contribution >= 0.6 is 42.4 Å². The molecule has 10 nitrogen and oxygen atoms in total. The third-order valence-corrected chi connectivity index (χ3v) is 12.5. The number of benzene rings is 5. The van der Waals surface area contributed by atoms with Crippen LogP contribution in [-0.4, -0.2) is 47.5 Å². The van der Waals surface area contributed by atoms with E-state index in [1.165, 1.54) is 6.92 Å². The van der Waals surface area contributed by atoms with Gasteiger partial charge < -0.3 is 19.1 Å². The average Bonchev–Trinajstić information content (AvgIpc) is 3.93. The lowest BCUT2D eigenvalue weighted by atomic mass is 9.95. The van der Waals surface area contributed by atoms with Crippen LogP contribution in [0.3, 0.4) is 0 Å². The largest absolute Gasteiger partial charge is 0.527 e. The van der Waals surface area contributed by atoms with Crippen LogP contribution in [0.1, 0.15) is 54.8 Å². The van der Waals surface area contributed by atoms with Crippen molar-refractivity contribution in [3.05, 3.63) is 130 Å². The Bertz CT molecular complexity index is 2550. The first kappa shape index (κ1) is 37.2. The molecule has 2 unspecified atom stereocenters. The predicted molar refractivity (Wildman–Crippen MR) is 215 cm³/mol. The zero-order chi connectivity index (χ0) is 38.4. The number of rotatable bonds is 10. The van der Waals surface area contributed by atoms with Gasteiger partial charge in [0.2, 0.25) is 0 Å². The number of halogens is 2. The zero-order valence-corrected chi connectivity index (χ0v) is 32.5. The number of esters is 1.